The van der Waals surface area contributed by atoms with Crippen molar-refractivity contribution in [1.29, 1.82) is 5.26 Å². The molecule has 2 aromatic carbocycles. The van der Waals surface area contributed by atoms with Gasteiger partial charge in [0, 0.05) is 15.9 Å². The van der Waals surface area contributed by atoms with Crippen molar-refractivity contribution in [2.75, 3.05) is 0 Å². The van der Waals surface area contributed by atoms with Crippen molar-refractivity contribution >= 4 is 26.8 Å². The maximum atomic E-state index is 13.7. The van der Waals surface area contributed by atoms with Gasteiger partial charge in [0.25, 0.3) is 0 Å². The van der Waals surface area contributed by atoms with Gasteiger partial charge in [-0.25, -0.2) is 9.37 Å². The van der Waals surface area contributed by atoms with E-state index >= 15 is 0 Å². The van der Waals surface area contributed by atoms with E-state index in [0.717, 1.165) is 5.39 Å². The van der Waals surface area contributed by atoms with Gasteiger partial charge in [-0.1, -0.05) is 34.1 Å². The lowest BCUT2D eigenvalue weighted by Gasteiger charge is -2.08. The van der Waals surface area contributed by atoms with E-state index in [0.29, 0.717) is 15.6 Å². The standard InChI is InChI=1S/C16H8BrFN2O/c17-11-5-6-13(18)15(8-11)21-16-7-10(9-19)12-3-1-2-4-14(12)20-16/h1-8H. The van der Waals surface area contributed by atoms with E-state index in [1.54, 1.807) is 12.1 Å². The molecule has 0 unspecified atom stereocenters. The Morgan fingerprint density at radius 1 is 1.14 bits per heavy atom. The van der Waals surface area contributed by atoms with Gasteiger partial charge in [0.2, 0.25) is 5.88 Å². The van der Waals surface area contributed by atoms with Gasteiger partial charge in [0.05, 0.1) is 11.1 Å². The first-order valence-electron chi connectivity index (χ1n) is 6.10. The minimum Gasteiger partial charge on any atom is -0.436 e. The van der Waals surface area contributed by atoms with Crippen LogP contribution in [0.5, 0.6) is 11.6 Å². The third kappa shape index (κ3) is 2.71. The van der Waals surface area contributed by atoms with E-state index in [-0.39, 0.29) is 11.6 Å². The fraction of sp³-hybridized carbons (Fsp3) is 0. The van der Waals surface area contributed by atoms with Gasteiger partial charge in [0.1, 0.15) is 6.07 Å². The van der Waals surface area contributed by atoms with Gasteiger partial charge in [-0.2, -0.15) is 5.26 Å². The first kappa shape index (κ1) is 13.5. The van der Waals surface area contributed by atoms with Crippen molar-refractivity contribution < 1.29 is 9.13 Å². The summed E-state index contributed by atoms with van der Waals surface area (Å²) in [4.78, 5) is 4.29. The van der Waals surface area contributed by atoms with Crippen LogP contribution in [0, 0.1) is 17.1 Å². The van der Waals surface area contributed by atoms with Gasteiger partial charge >= 0.3 is 0 Å². The lowest BCUT2D eigenvalue weighted by molar-refractivity contribution is 0.428. The molecule has 0 saturated carbocycles. The SMILES string of the molecule is N#Cc1cc(Oc2cc(Br)ccc2F)nc2ccccc12. The Morgan fingerprint density at radius 3 is 2.76 bits per heavy atom. The van der Waals surface area contributed by atoms with E-state index in [9.17, 15) is 9.65 Å². The molecule has 1 aromatic heterocycles. The Morgan fingerprint density at radius 2 is 1.95 bits per heavy atom. The number of pyridine rings is 1. The van der Waals surface area contributed by atoms with E-state index in [1.807, 2.05) is 18.2 Å². The van der Waals surface area contributed by atoms with Crippen LogP contribution in [0.4, 0.5) is 4.39 Å². The minimum absolute atomic E-state index is 0.0519. The molecule has 3 rings (SSSR count). The number of benzene rings is 2. The fourth-order valence-electron chi connectivity index (χ4n) is 1.96. The van der Waals surface area contributed by atoms with Gasteiger partial charge < -0.3 is 4.74 Å². The highest BCUT2D eigenvalue weighted by Crippen LogP contribution is 2.29. The highest BCUT2D eigenvalue weighted by Gasteiger charge is 2.10. The zero-order chi connectivity index (χ0) is 14.8. The van der Waals surface area contributed by atoms with Crippen LogP contribution in [0.3, 0.4) is 0 Å². The summed E-state index contributed by atoms with van der Waals surface area (Å²) >= 11 is 3.26. The first-order chi connectivity index (χ1) is 10.2. The van der Waals surface area contributed by atoms with Crippen LogP contribution >= 0.6 is 15.9 Å². The topological polar surface area (TPSA) is 45.9 Å². The summed E-state index contributed by atoms with van der Waals surface area (Å²) in [5.74, 6) is -0.259. The van der Waals surface area contributed by atoms with Crippen LogP contribution in [-0.4, -0.2) is 4.98 Å². The molecular formula is C16H8BrFN2O. The number of para-hydroxylation sites is 1. The molecule has 0 spiro atoms. The molecule has 0 bridgehead atoms. The van der Waals surface area contributed by atoms with Crippen molar-refractivity contribution in [3.8, 4) is 17.7 Å². The highest BCUT2D eigenvalue weighted by atomic mass is 79.9. The lowest BCUT2D eigenvalue weighted by Crippen LogP contribution is -1.93. The molecule has 0 atom stereocenters. The smallest absolute Gasteiger partial charge is 0.221 e. The number of fused-ring (bicyclic) bond motifs is 1. The number of nitrogens with zero attached hydrogens (tertiary/aromatic N) is 2. The molecule has 0 radical (unpaired) electrons. The number of aromatic nitrogens is 1. The second-order valence-corrected chi connectivity index (χ2v) is 5.23. The molecule has 3 aromatic rings. The fourth-order valence-corrected chi connectivity index (χ4v) is 2.30. The molecule has 3 nitrogen and oxygen atoms in total. The van der Waals surface area contributed by atoms with E-state index in [4.69, 9.17) is 4.74 Å². The normalized spacial score (nSPS) is 10.3. The summed E-state index contributed by atoms with van der Waals surface area (Å²) in [6.45, 7) is 0. The van der Waals surface area contributed by atoms with Crippen LogP contribution < -0.4 is 4.74 Å². The van der Waals surface area contributed by atoms with E-state index < -0.39 is 5.82 Å². The third-order valence-electron chi connectivity index (χ3n) is 2.92. The molecule has 102 valence electrons. The van der Waals surface area contributed by atoms with Gasteiger partial charge in [-0.05, 0) is 24.3 Å². The predicted octanol–water partition coefficient (Wildman–Crippen LogP) is 4.80. The molecule has 0 aliphatic heterocycles. The molecule has 21 heavy (non-hydrogen) atoms. The second kappa shape index (κ2) is 5.51. The molecule has 5 heteroatoms. The van der Waals surface area contributed by atoms with E-state index in [2.05, 4.69) is 27.0 Å². The Hall–Kier alpha value is -2.45. The summed E-state index contributed by atoms with van der Waals surface area (Å²) in [7, 11) is 0. The summed E-state index contributed by atoms with van der Waals surface area (Å²) < 4.78 is 19.9. The zero-order valence-electron chi connectivity index (χ0n) is 10.7. The van der Waals surface area contributed by atoms with Gasteiger partial charge in [-0.15, -0.1) is 0 Å². The van der Waals surface area contributed by atoms with Crippen molar-refractivity contribution in [1.82, 2.24) is 4.98 Å². The molecule has 0 saturated heterocycles. The highest BCUT2D eigenvalue weighted by molar-refractivity contribution is 9.10. The number of hydrogen-bond donors (Lipinski definition) is 0. The Balaban J connectivity index is 2.09. The molecular weight excluding hydrogens is 335 g/mol. The molecule has 0 amide bonds. The summed E-state index contributed by atoms with van der Waals surface area (Å²) in [5.41, 5.74) is 1.06. The van der Waals surface area contributed by atoms with Crippen LogP contribution in [0.2, 0.25) is 0 Å². The van der Waals surface area contributed by atoms with Crippen molar-refractivity contribution in [3.63, 3.8) is 0 Å². The maximum absolute atomic E-state index is 13.7. The zero-order valence-corrected chi connectivity index (χ0v) is 12.3. The van der Waals surface area contributed by atoms with Crippen molar-refractivity contribution in [2.45, 2.75) is 0 Å². The van der Waals surface area contributed by atoms with Crippen molar-refractivity contribution in [2.24, 2.45) is 0 Å². The molecule has 0 aliphatic carbocycles. The number of hydrogen-bond acceptors (Lipinski definition) is 3. The summed E-state index contributed by atoms with van der Waals surface area (Å²) in [6.07, 6.45) is 0. The molecule has 0 N–H and O–H groups in total. The molecule has 1 heterocycles. The number of halogens is 2. The Labute approximate surface area is 128 Å². The average molecular weight is 343 g/mol. The summed E-state index contributed by atoms with van der Waals surface area (Å²) in [5, 5.41) is 9.95. The second-order valence-electron chi connectivity index (χ2n) is 4.31. The average Bonchev–Trinajstić information content (AvgIpc) is 2.50. The van der Waals surface area contributed by atoms with E-state index in [1.165, 1.54) is 18.2 Å². The quantitative estimate of drug-likeness (QED) is 0.671. The Bertz CT molecular complexity index is 874. The number of rotatable bonds is 2. The van der Waals surface area contributed by atoms with Crippen molar-refractivity contribution in [3.05, 3.63) is 64.4 Å². The van der Waals surface area contributed by atoms with Gasteiger partial charge in [0.15, 0.2) is 11.6 Å². The lowest BCUT2D eigenvalue weighted by atomic mass is 10.1. The van der Waals surface area contributed by atoms with Gasteiger partial charge in [-0.3, -0.25) is 0 Å². The minimum atomic E-state index is -0.494. The number of ether oxygens (including phenoxy) is 1. The van der Waals surface area contributed by atoms with Crippen LogP contribution in [-0.2, 0) is 0 Å². The largest absolute Gasteiger partial charge is 0.436 e. The van der Waals surface area contributed by atoms with Crippen LogP contribution in [0.15, 0.2) is 53.0 Å². The van der Waals surface area contributed by atoms with Crippen LogP contribution in [0.1, 0.15) is 5.56 Å². The summed E-state index contributed by atoms with van der Waals surface area (Å²) in [6, 6.07) is 15.2. The number of nitriles is 1. The molecule has 0 aliphatic rings. The Kier molecular flexibility index (Phi) is 3.55. The third-order valence-corrected chi connectivity index (χ3v) is 3.41. The maximum Gasteiger partial charge on any atom is 0.221 e. The first-order valence-corrected chi connectivity index (χ1v) is 6.89. The monoisotopic (exact) mass is 342 g/mol. The van der Waals surface area contributed by atoms with Crippen LogP contribution in [0.25, 0.3) is 10.9 Å². The predicted molar refractivity (Wildman–Crippen MR) is 80.6 cm³/mol. The molecule has 0 fully saturated rings.